The standard InChI is InChI=1S/C16H15N3O3/c20-15(17-10-11-4-3-9-22-11)8-7-14-16(21)19-13-6-2-1-5-12(13)18-14/h1-6,9H,7-8,10H2,(H,17,20)(H,19,21). The Hall–Kier alpha value is -2.89. The fourth-order valence-electron chi connectivity index (χ4n) is 2.16. The topological polar surface area (TPSA) is 88.0 Å². The quantitative estimate of drug-likeness (QED) is 0.751. The molecule has 2 heterocycles. The molecule has 2 aromatic heterocycles. The second kappa shape index (κ2) is 6.26. The van der Waals surface area contributed by atoms with Crippen molar-refractivity contribution in [3.63, 3.8) is 0 Å². The summed E-state index contributed by atoms with van der Waals surface area (Å²) in [7, 11) is 0. The third-order valence-electron chi connectivity index (χ3n) is 3.30. The number of amides is 1. The lowest BCUT2D eigenvalue weighted by Gasteiger charge is -2.04. The van der Waals surface area contributed by atoms with Gasteiger partial charge < -0.3 is 14.7 Å². The summed E-state index contributed by atoms with van der Waals surface area (Å²) >= 11 is 0. The number of carbonyl (C=O) groups excluding carboxylic acids is 1. The number of hydrogen-bond acceptors (Lipinski definition) is 4. The van der Waals surface area contributed by atoms with Crippen LogP contribution in [0.3, 0.4) is 0 Å². The number of H-pyrrole nitrogens is 1. The molecule has 0 aliphatic carbocycles. The Kier molecular flexibility index (Phi) is 4.00. The van der Waals surface area contributed by atoms with Gasteiger partial charge in [-0.15, -0.1) is 0 Å². The minimum atomic E-state index is -0.252. The minimum absolute atomic E-state index is 0.147. The number of nitrogens with zero attached hydrogens (tertiary/aromatic N) is 1. The molecule has 3 aromatic rings. The summed E-state index contributed by atoms with van der Waals surface area (Å²) in [6, 6.07) is 10.9. The van der Waals surface area contributed by atoms with Crippen LogP contribution in [0, 0.1) is 0 Å². The predicted octanol–water partition coefficient (Wildman–Crippen LogP) is 1.77. The Morgan fingerprint density at radius 1 is 1.23 bits per heavy atom. The van der Waals surface area contributed by atoms with E-state index in [1.807, 2.05) is 18.2 Å². The Bertz CT molecular complexity index is 837. The summed E-state index contributed by atoms with van der Waals surface area (Å²) < 4.78 is 5.13. The maximum Gasteiger partial charge on any atom is 0.270 e. The lowest BCUT2D eigenvalue weighted by Crippen LogP contribution is -2.24. The summed E-state index contributed by atoms with van der Waals surface area (Å²) in [6.45, 7) is 0.341. The maximum atomic E-state index is 11.9. The molecule has 1 amide bonds. The number of furan rings is 1. The summed E-state index contributed by atoms with van der Waals surface area (Å²) in [5.41, 5.74) is 1.52. The highest BCUT2D eigenvalue weighted by Gasteiger charge is 2.08. The number of aromatic nitrogens is 2. The van der Waals surface area contributed by atoms with E-state index in [2.05, 4.69) is 15.3 Å². The van der Waals surface area contributed by atoms with Crippen LogP contribution in [-0.4, -0.2) is 15.9 Å². The Morgan fingerprint density at radius 3 is 2.91 bits per heavy atom. The van der Waals surface area contributed by atoms with E-state index in [0.29, 0.717) is 35.5 Å². The zero-order valence-electron chi connectivity index (χ0n) is 11.8. The second-order valence-corrected chi connectivity index (χ2v) is 4.89. The average Bonchev–Trinajstić information content (AvgIpc) is 3.04. The van der Waals surface area contributed by atoms with Gasteiger partial charge in [-0.05, 0) is 24.3 Å². The first kappa shape index (κ1) is 14.1. The highest BCUT2D eigenvalue weighted by Crippen LogP contribution is 2.07. The van der Waals surface area contributed by atoms with Crippen molar-refractivity contribution in [1.29, 1.82) is 0 Å². The van der Waals surface area contributed by atoms with Crippen LogP contribution in [0.15, 0.2) is 51.9 Å². The third-order valence-corrected chi connectivity index (χ3v) is 3.30. The molecule has 112 valence electrons. The maximum absolute atomic E-state index is 11.9. The molecule has 0 aliphatic heterocycles. The molecule has 6 nitrogen and oxygen atoms in total. The molecule has 3 rings (SSSR count). The summed E-state index contributed by atoms with van der Waals surface area (Å²) in [4.78, 5) is 30.8. The first-order valence-electron chi connectivity index (χ1n) is 6.99. The fraction of sp³-hybridized carbons (Fsp3) is 0.188. The first-order valence-corrected chi connectivity index (χ1v) is 6.99. The number of benzene rings is 1. The van der Waals surface area contributed by atoms with Crippen molar-refractivity contribution >= 4 is 16.9 Å². The van der Waals surface area contributed by atoms with E-state index >= 15 is 0 Å². The Morgan fingerprint density at radius 2 is 2.09 bits per heavy atom. The summed E-state index contributed by atoms with van der Waals surface area (Å²) in [5.74, 6) is 0.542. The summed E-state index contributed by atoms with van der Waals surface area (Å²) in [5, 5.41) is 2.74. The van der Waals surface area contributed by atoms with Crippen molar-refractivity contribution in [2.75, 3.05) is 0 Å². The molecule has 0 spiro atoms. The molecule has 2 N–H and O–H groups in total. The van der Waals surface area contributed by atoms with Crippen LogP contribution in [0.2, 0.25) is 0 Å². The largest absolute Gasteiger partial charge is 0.467 e. The average molecular weight is 297 g/mol. The smallest absolute Gasteiger partial charge is 0.270 e. The van der Waals surface area contributed by atoms with E-state index in [1.54, 1.807) is 24.5 Å². The van der Waals surface area contributed by atoms with Gasteiger partial charge in [-0.2, -0.15) is 0 Å². The van der Waals surface area contributed by atoms with E-state index in [-0.39, 0.29) is 17.9 Å². The molecule has 0 fully saturated rings. The van der Waals surface area contributed by atoms with E-state index in [4.69, 9.17) is 4.42 Å². The normalized spacial score (nSPS) is 10.7. The second-order valence-electron chi connectivity index (χ2n) is 4.89. The van der Waals surface area contributed by atoms with Crippen molar-refractivity contribution in [2.24, 2.45) is 0 Å². The molecule has 0 unspecified atom stereocenters. The van der Waals surface area contributed by atoms with E-state index in [1.165, 1.54) is 0 Å². The molecule has 0 radical (unpaired) electrons. The van der Waals surface area contributed by atoms with Crippen LogP contribution in [0.25, 0.3) is 11.0 Å². The van der Waals surface area contributed by atoms with Gasteiger partial charge in [-0.1, -0.05) is 12.1 Å². The van der Waals surface area contributed by atoms with Gasteiger partial charge >= 0.3 is 0 Å². The molecule has 22 heavy (non-hydrogen) atoms. The van der Waals surface area contributed by atoms with Crippen molar-refractivity contribution in [2.45, 2.75) is 19.4 Å². The number of nitrogens with one attached hydrogen (secondary N) is 2. The first-order chi connectivity index (χ1) is 10.7. The van der Waals surface area contributed by atoms with Gasteiger partial charge in [-0.25, -0.2) is 4.98 Å². The van der Waals surface area contributed by atoms with Crippen LogP contribution in [-0.2, 0) is 17.8 Å². The Balaban J connectivity index is 1.62. The van der Waals surface area contributed by atoms with Crippen LogP contribution in [0.1, 0.15) is 17.9 Å². The number of fused-ring (bicyclic) bond motifs is 1. The number of aromatic amines is 1. The SMILES string of the molecule is O=C(CCc1nc2ccccc2[nH]c1=O)NCc1ccco1. The van der Waals surface area contributed by atoms with Crippen LogP contribution in [0.5, 0.6) is 0 Å². The molecule has 0 saturated carbocycles. The fourth-order valence-corrected chi connectivity index (χ4v) is 2.16. The molecular weight excluding hydrogens is 282 g/mol. The molecule has 6 heteroatoms. The van der Waals surface area contributed by atoms with Gasteiger partial charge in [0.15, 0.2) is 0 Å². The monoisotopic (exact) mass is 297 g/mol. The Labute approximate surface area is 126 Å². The minimum Gasteiger partial charge on any atom is -0.467 e. The van der Waals surface area contributed by atoms with Crippen molar-refractivity contribution in [3.05, 3.63) is 64.5 Å². The molecule has 0 aliphatic rings. The van der Waals surface area contributed by atoms with E-state index in [0.717, 1.165) is 0 Å². The predicted molar refractivity (Wildman–Crippen MR) is 81.2 cm³/mol. The highest BCUT2D eigenvalue weighted by molar-refractivity contribution is 5.76. The highest BCUT2D eigenvalue weighted by atomic mass is 16.3. The van der Waals surface area contributed by atoms with Crippen LogP contribution in [0.4, 0.5) is 0 Å². The molecule has 0 bridgehead atoms. The van der Waals surface area contributed by atoms with Gasteiger partial charge in [-0.3, -0.25) is 9.59 Å². The third kappa shape index (κ3) is 3.22. The zero-order valence-corrected chi connectivity index (χ0v) is 11.8. The molecule has 1 aromatic carbocycles. The van der Waals surface area contributed by atoms with Gasteiger partial charge in [0.25, 0.3) is 5.56 Å². The summed E-state index contributed by atoms with van der Waals surface area (Å²) in [6.07, 6.45) is 2.05. The number of rotatable bonds is 5. The molecule has 0 saturated heterocycles. The zero-order chi connectivity index (χ0) is 15.4. The van der Waals surface area contributed by atoms with Gasteiger partial charge in [0.05, 0.1) is 23.8 Å². The number of hydrogen-bond donors (Lipinski definition) is 2. The van der Waals surface area contributed by atoms with Gasteiger partial charge in [0, 0.05) is 12.8 Å². The van der Waals surface area contributed by atoms with Crippen molar-refractivity contribution in [3.8, 4) is 0 Å². The van der Waals surface area contributed by atoms with Crippen LogP contribution >= 0.6 is 0 Å². The lowest BCUT2D eigenvalue weighted by molar-refractivity contribution is -0.121. The van der Waals surface area contributed by atoms with Crippen molar-refractivity contribution < 1.29 is 9.21 Å². The van der Waals surface area contributed by atoms with Crippen LogP contribution < -0.4 is 10.9 Å². The van der Waals surface area contributed by atoms with Crippen molar-refractivity contribution in [1.82, 2.24) is 15.3 Å². The molecule has 0 atom stereocenters. The van der Waals surface area contributed by atoms with Gasteiger partial charge in [0.2, 0.25) is 5.91 Å². The van der Waals surface area contributed by atoms with E-state index in [9.17, 15) is 9.59 Å². The number of carbonyl (C=O) groups is 1. The molecular formula is C16H15N3O3. The number of aryl methyl sites for hydroxylation is 1. The number of para-hydroxylation sites is 2. The van der Waals surface area contributed by atoms with Gasteiger partial charge in [0.1, 0.15) is 11.5 Å². The van der Waals surface area contributed by atoms with E-state index < -0.39 is 0 Å². The lowest BCUT2D eigenvalue weighted by atomic mass is 10.2.